The quantitative estimate of drug-likeness (QED) is 0.642. The second-order valence-corrected chi connectivity index (χ2v) is 2.72. The molecule has 0 spiro atoms. The molecule has 2 aromatic rings. The Morgan fingerprint density at radius 1 is 1.23 bits per heavy atom. The Morgan fingerprint density at radius 3 is 2.77 bits per heavy atom. The zero-order valence-corrected chi connectivity index (χ0v) is 6.97. The minimum atomic E-state index is 0.331. The van der Waals surface area contributed by atoms with E-state index in [4.69, 9.17) is 0 Å². The maximum Gasteiger partial charge on any atom is 0.125 e. The van der Waals surface area contributed by atoms with Gasteiger partial charge >= 0.3 is 0 Å². The summed E-state index contributed by atoms with van der Waals surface area (Å²) < 4.78 is 0. The number of fused-ring (bicyclic) bond motifs is 1. The van der Waals surface area contributed by atoms with Gasteiger partial charge in [0.1, 0.15) is 6.29 Å². The molecular weight excluding hydrogens is 164 g/mol. The highest BCUT2D eigenvalue weighted by molar-refractivity contribution is 5.74. The van der Waals surface area contributed by atoms with Gasteiger partial charge in [0.15, 0.2) is 0 Å². The molecule has 0 fully saturated rings. The van der Waals surface area contributed by atoms with Crippen molar-refractivity contribution < 1.29 is 4.79 Å². The van der Waals surface area contributed by atoms with Crippen molar-refractivity contribution >= 4 is 17.3 Å². The first kappa shape index (κ1) is 7.86. The Morgan fingerprint density at radius 2 is 2.00 bits per heavy atom. The fourth-order valence-electron chi connectivity index (χ4n) is 1.18. The predicted molar refractivity (Wildman–Crippen MR) is 49.3 cm³/mol. The predicted octanol–water partition coefficient (Wildman–Crippen LogP) is 1.37. The van der Waals surface area contributed by atoms with E-state index in [-0.39, 0.29) is 0 Å². The molecule has 0 amide bonds. The zero-order chi connectivity index (χ0) is 9.10. The highest BCUT2D eigenvalue weighted by Crippen LogP contribution is 2.07. The van der Waals surface area contributed by atoms with Crippen LogP contribution in [0.2, 0.25) is 0 Å². The highest BCUT2D eigenvalue weighted by atomic mass is 16.1. The molecular formula is C10H8N2O. The molecule has 3 nitrogen and oxygen atoms in total. The van der Waals surface area contributed by atoms with Crippen molar-refractivity contribution in [3.63, 3.8) is 0 Å². The van der Waals surface area contributed by atoms with Crippen molar-refractivity contribution in [2.45, 2.75) is 6.42 Å². The maximum atomic E-state index is 10.2. The third kappa shape index (κ3) is 1.54. The number of para-hydroxylation sites is 2. The Kier molecular flexibility index (Phi) is 2.00. The first-order chi connectivity index (χ1) is 6.40. The van der Waals surface area contributed by atoms with Gasteiger partial charge < -0.3 is 4.79 Å². The second-order valence-electron chi connectivity index (χ2n) is 2.72. The molecule has 0 aliphatic heterocycles. The number of carbonyl (C=O) groups excluding carboxylic acids is 1. The third-order valence-corrected chi connectivity index (χ3v) is 1.79. The van der Waals surface area contributed by atoms with E-state index in [1.165, 1.54) is 0 Å². The van der Waals surface area contributed by atoms with Crippen molar-refractivity contribution in [3.8, 4) is 0 Å². The van der Waals surface area contributed by atoms with E-state index in [0.717, 1.165) is 17.3 Å². The average molecular weight is 172 g/mol. The van der Waals surface area contributed by atoms with Gasteiger partial charge in [0, 0.05) is 12.6 Å². The van der Waals surface area contributed by atoms with E-state index < -0.39 is 0 Å². The number of nitrogens with zero attached hydrogens (tertiary/aromatic N) is 2. The Bertz CT molecular complexity index is 440. The minimum Gasteiger partial charge on any atom is -0.303 e. The molecule has 0 bridgehead atoms. The van der Waals surface area contributed by atoms with Gasteiger partial charge in [-0.3, -0.25) is 4.98 Å². The number of aromatic nitrogens is 2. The number of aldehydes is 1. The number of hydrogen-bond donors (Lipinski definition) is 0. The lowest BCUT2D eigenvalue weighted by molar-refractivity contribution is -0.107. The normalized spacial score (nSPS) is 10.2. The van der Waals surface area contributed by atoms with Gasteiger partial charge in [-0.2, -0.15) is 0 Å². The van der Waals surface area contributed by atoms with E-state index in [1.54, 1.807) is 6.20 Å². The molecule has 0 saturated heterocycles. The molecule has 0 aliphatic rings. The number of carbonyl (C=O) groups is 1. The van der Waals surface area contributed by atoms with Gasteiger partial charge in [0.05, 0.1) is 16.7 Å². The van der Waals surface area contributed by atoms with Gasteiger partial charge in [0.25, 0.3) is 0 Å². The van der Waals surface area contributed by atoms with Crippen molar-refractivity contribution in [1.82, 2.24) is 9.97 Å². The summed E-state index contributed by atoms with van der Waals surface area (Å²) in [5.74, 6) is 0. The first-order valence-electron chi connectivity index (χ1n) is 4.04. The highest BCUT2D eigenvalue weighted by Gasteiger charge is 1.97. The van der Waals surface area contributed by atoms with E-state index in [1.807, 2.05) is 24.3 Å². The van der Waals surface area contributed by atoms with Crippen molar-refractivity contribution in [3.05, 3.63) is 36.2 Å². The summed E-state index contributed by atoms with van der Waals surface area (Å²) >= 11 is 0. The summed E-state index contributed by atoms with van der Waals surface area (Å²) in [5, 5.41) is 0. The van der Waals surface area contributed by atoms with Crippen LogP contribution in [0, 0.1) is 0 Å². The van der Waals surface area contributed by atoms with Crippen molar-refractivity contribution in [1.29, 1.82) is 0 Å². The van der Waals surface area contributed by atoms with Gasteiger partial charge in [0.2, 0.25) is 0 Å². The van der Waals surface area contributed by atoms with Gasteiger partial charge in [-0.1, -0.05) is 12.1 Å². The summed E-state index contributed by atoms with van der Waals surface area (Å²) in [6.45, 7) is 0. The molecule has 2 rings (SSSR count). The fraction of sp³-hybridized carbons (Fsp3) is 0.100. The monoisotopic (exact) mass is 172 g/mol. The molecule has 1 aromatic carbocycles. The molecule has 64 valence electrons. The summed E-state index contributed by atoms with van der Waals surface area (Å²) in [5.41, 5.74) is 2.41. The number of rotatable bonds is 2. The topological polar surface area (TPSA) is 42.9 Å². The maximum absolute atomic E-state index is 10.2. The molecule has 0 radical (unpaired) electrons. The van der Waals surface area contributed by atoms with Crippen LogP contribution in [0.15, 0.2) is 30.5 Å². The zero-order valence-electron chi connectivity index (χ0n) is 6.97. The van der Waals surface area contributed by atoms with Crippen LogP contribution in [0.25, 0.3) is 11.0 Å². The minimum absolute atomic E-state index is 0.331. The fourth-order valence-corrected chi connectivity index (χ4v) is 1.18. The van der Waals surface area contributed by atoms with Crippen LogP contribution in [-0.2, 0) is 11.2 Å². The van der Waals surface area contributed by atoms with Gasteiger partial charge in [-0.05, 0) is 12.1 Å². The number of benzene rings is 1. The van der Waals surface area contributed by atoms with Crippen LogP contribution >= 0.6 is 0 Å². The smallest absolute Gasteiger partial charge is 0.125 e. The molecule has 3 heteroatoms. The molecule has 13 heavy (non-hydrogen) atoms. The molecule has 0 aliphatic carbocycles. The van der Waals surface area contributed by atoms with E-state index in [2.05, 4.69) is 9.97 Å². The van der Waals surface area contributed by atoms with Crippen molar-refractivity contribution in [2.24, 2.45) is 0 Å². The lowest BCUT2D eigenvalue weighted by atomic mass is 10.3. The summed E-state index contributed by atoms with van der Waals surface area (Å²) in [6, 6.07) is 7.60. The molecule has 1 aromatic heterocycles. The first-order valence-corrected chi connectivity index (χ1v) is 4.04. The van der Waals surface area contributed by atoms with Gasteiger partial charge in [-0.15, -0.1) is 0 Å². The summed E-state index contributed by atoms with van der Waals surface area (Å²) in [7, 11) is 0. The van der Waals surface area contributed by atoms with E-state index in [0.29, 0.717) is 12.1 Å². The Hall–Kier alpha value is -1.77. The molecule has 0 saturated carbocycles. The van der Waals surface area contributed by atoms with E-state index in [9.17, 15) is 4.79 Å². The summed E-state index contributed by atoms with van der Waals surface area (Å²) in [6.07, 6.45) is 2.80. The van der Waals surface area contributed by atoms with Crippen LogP contribution < -0.4 is 0 Å². The van der Waals surface area contributed by atoms with Crippen LogP contribution in [0.4, 0.5) is 0 Å². The van der Waals surface area contributed by atoms with Crippen LogP contribution in [0.5, 0.6) is 0 Å². The van der Waals surface area contributed by atoms with E-state index >= 15 is 0 Å². The number of hydrogen-bond acceptors (Lipinski definition) is 3. The van der Waals surface area contributed by atoms with Crippen LogP contribution in [0.3, 0.4) is 0 Å². The van der Waals surface area contributed by atoms with Crippen LogP contribution in [0.1, 0.15) is 5.69 Å². The molecule has 0 atom stereocenters. The average Bonchev–Trinajstić information content (AvgIpc) is 2.18. The largest absolute Gasteiger partial charge is 0.303 e. The Balaban J connectivity index is 2.55. The van der Waals surface area contributed by atoms with Gasteiger partial charge in [-0.25, -0.2) is 4.98 Å². The standard InChI is InChI=1S/C10H8N2O/c13-6-5-8-7-11-9-3-1-2-4-10(9)12-8/h1-4,6-7H,5H2. The molecule has 0 unspecified atom stereocenters. The third-order valence-electron chi connectivity index (χ3n) is 1.79. The van der Waals surface area contributed by atoms with Crippen LogP contribution in [-0.4, -0.2) is 16.3 Å². The van der Waals surface area contributed by atoms with Crippen molar-refractivity contribution in [2.75, 3.05) is 0 Å². The Labute approximate surface area is 75.4 Å². The molecule has 1 heterocycles. The molecule has 0 N–H and O–H groups in total. The second kappa shape index (κ2) is 3.31. The SMILES string of the molecule is O=CCc1cnc2ccccc2n1. The lowest BCUT2D eigenvalue weighted by Crippen LogP contribution is -1.93. The lowest BCUT2D eigenvalue weighted by Gasteiger charge is -1.97. The summed E-state index contributed by atoms with van der Waals surface area (Å²) in [4.78, 5) is 18.7.